The predicted octanol–water partition coefficient (Wildman–Crippen LogP) is 15.6. The van der Waals surface area contributed by atoms with Gasteiger partial charge in [-0.3, -0.25) is 0 Å². The molecule has 0 fully saturated rings. The summed E-state index contributed by atoms with van der Waals surface area (Å²) in [6.07, 6.45) is 16.8. The molecule has 3 aliphatic rings. The molecule has 0 aliphatic heterocycles. The first-order valence-corrected chi connectivity index (χ1v) is 21.3. The van der Waals surface area contributed by atoms with Gasteiger partial charge in [-0.25, -0.2) is 0 Å². The molecule has 1 atom stereocenters. The molecule has 2 aromatic heterocycles. The number of aromatic nitrogens is 1. The number of fused-ring (bicyclic) bond motifs is 10. The second-order valence-corrected chi connectivity index (χ2v) is 17.1. The van der Waals surface area contributed by atoms with Crippen LogP contribution < -0.4 is 4.90 Å². The first-order valence-electron chi connectivity index (χ1n) is 21.3. The van der Waals surface area contributed by atoms with Gasteiger partial charge in [-0.15, -0.1) is 0 Å². The number of hydrogen-bond donors (Lipinski definition) is 0. The summed E-state index contributed by atoms with van der Waals surface area (Å²) in [5.74, 6) is 0.332. The van der Waals surface area contributed by atoms with E-state index in [0.29, 0.717) is 5.92 Å². The van der Waals surface area contributed by atoms with E-state index in [9.17, 15) is 0 Å². The molecule has 0 saturated heterocycles. The Morgan fingerprint density at radius 2 is 1.42 bits per heavy atom. The van der Waals surface area contributed by atoms with Crippen molar-refractivity contribution in [2.24, 2.45) is 0 Å². The summed E-state index contributed by atoms with van der Waals surface area (Å²) in [6, 6.07) is 55.8. The Bertz CT molecular complexity index is 3310. The zero-order chi connectivity index (χ0) is 40.0. The normalized spacial score (nSPS) is 16.7. The minimum Gasteiger partial charge on any atom is -0.453 e. The highest BCUT2D eigenvalue weighted by atomic mass is 16.3. The molecule has 60 heavy (non-hydrogen) atoms. The number of hydrogen-bond acceptors (Lipinski definition) is 2. The number of para-hydroxylation sites is 2. The molecule has 0 spiro atoms. The van der Waals surface area contributed by atoms with Crippen molar-refractivity contribution in [3.8, 4) is 22.3 Å². The van der Waals surface area contributed by atoms with E-state index in [1.54, 1.807) is 0 Å². The molecule has 0 bridgehead atoms. The third-order valence-electron chi connectivity index (χ3n) is 13.4. The van der Waals surface area contributed by atoms with Crippen molar-refractivity contribution < 1.29 is 4.42 Å². The molecular formula is C57H44N2O. The Hall–Kier alpha value is -7.10. The van der Waals surface area contributed by atoms with Gasteiger partial charge in [-0.1, -0.05) is 153 Å². The molecule has 3 aliphatic carbocycles. The SMILES string of the molecule is CC1(C)c2ccccc2-c2c1ccc1c2oc2c(N(C3=CCC(c4ccccc4)C=C3)c3ccc(-c4ccc5c(c4)c4ccccc4n5C4=CC=CCC4)cc3)cccc21. The highest BCUT2D eigenvalue weighted by Gasteiger charge is 2.37. The first kappa shape index (κ1) is 34.9. The first-order chi connectivity index (χ1) is 29.5. The Kier molecular flexibility index (Phi) is 7.84. The third kappa shape index (κ3) is 5.28. The molecular weight excluding hydrogens is 729 g/mol. The van der Waals surface area contributed by atoms with Gasteiger partial charge in [-0.2, -0.15) is 0 Å². The maximum Gasteiger partial charge on any atom is 0.159 e. The van der Waals surface area contributed by atoms with Gasteiger partial charge in [0.05, 0.1) is 16.7 Å². The molecule has 0 radical (unpaired) electrons. The summed E-state index contributed by atoms with van der Waals surface area (Å²) >= 11 is 0. The van der Waals surface area contributed by atoms with Gasteiger partial charge in [0.15, 0.2) is 5.58 Å². The van der Waals surface area contributed by atoms with Gasteiger partial charge in [0.2, 0.25) is 0 Å². The summed E-state index contributed by atoms with van der Waals surface area (Å²) in [4.78, 5) is 2.40. The zero-order valence-electron chi connectivity index (χ0n) is 33.9. The maximum absolute atomic E-state index is 7.17. The molecule has 3 nitrogen and oxygen atoms in total. The van der Waals surface area contributed by atoms with Crippen molar-refractivity contribution in [3.05, 3.63) is 211 Å². The van der Waals surface area contributed by atoms with Crippen LogP contribution in [0, 0.1) is 0 Å². The van der Waals surface area contributed by atoms with Gasteiger partial charge in [0.1, 0.15) is 5.58 Å². The number of benzene rings is 7. The molecule has 12 rings (SSSR count). The van der Waals surface area contributed by atoms with E-state index in [-0.39, 0.29) is 5.41 Å². The topological polar surface area (TPSA) is 21.3 Å². The highest BCUT2D eigenvalue weighted by Crippen LogP contribution is 2.53. The summed E-state index contributed by atoms with van der Waals surface area (Å²) in [7, 11) is 0. The molecule has 2 heterocycles. The van der Waals surface area contributed by atoms with E-state index >= 15 is 0 Å². The van der Waals surface area contributed by atoms with Crippen molar-refractivity contribution in [2.75, 3.05) is 4.90 Å². The molecule has 3 heteroatoms. The molecule has 0 N–H and O–H groups in total. The van der Waals surface area contributed by atoms with Crippen LogP contribution in [0.4, 0.5) is 11.4 Å². The second kappa shape index (κ2) is 13.5. The average Bonchev–Trinajstić information content (AvgIpc) is 3.93. The fraction of sp³-hybridized carbons (Fsp3) is 0.123. The fourth-order valence-electron chi connectivity index (χ4n) is 10.4. The van der Waals surface area contributed by atoms with Crippen LogP contribution in [0.15, 0.2) is 198 Å². The summed E-state index contributed by atoms with van der Waals surface area (Å²) < 4.78 is 9.63. The van der Waals surface area contributed by atoms with Gasteiger partial charge < -0.3 is 13.9 Å². The number of nitrogens with zero attached hydrogens (tertiary/aromatic N) is 2. The Labute approximate surface area is 350 Å². The zero-order valence-corrected chi connectivity index (χ0v) is 33.9. The largest absolute Gasteiger partial charge is 0.453 e. The molecule has 9 aromatic rings. The lowest BCUT2D eigenvalue weighted by Crippen LogP contribution is -2.17. The fourth-order valence-corrected chi connectivity index (χ4v) is 10.4. The molecule has 288 valence electrons. The maximum atomic E-state index is 7.17. The van der Waals surface area contributed by atoms with Gasteiger partial charge in [0.25, 0.3) is 0 Å². The second-order valence-electron chi connectivity index (χ2n) is 17.1. The van der Waals surface area contributed by atoms with Crippen LogP contribution in [-0.2, 0) is 5.41 Å². The minimum atomic E-state index is -0.102. The number of furan rings is 1. The average molecular weight is 773 g/mol. The van der Waals surface area contributed by atoms with Crippen LogP contribution in [-0.4, -0.2) is 4.57 Å². The van der Waals surface area contributed by atoms with Crippen LogP contribution in [0.3, 0.4) is 0 Å². The van der Waals surface area contributed by atoms with Crippen molar-refractivity contribution >= 4 is 60.8 Å². The van der Waals surface area contributed by atoms with Crippen LogP contribution in [0.5, 0.6) is 0 Å². The van der Waals surface area contributed by atoms with Crippen molar-refractivity contribution in [1.82, 2.24) is 4.57 Å². The Morgan fingerprint density at radius 3 is 2.25 bits per heavy atom. The minimum absolute atomic E-state index is 0.102. The van der Waals surface area contributed by atoms with Crippen LogP contribution in [0.1, 0.15) is 55.7 Å². The van der Waals surface area contributed by atoms with Crippen LogP contribution in [0.25, 0.3) is 71.7 Å². The number of allylic oxidation sites excluding steroid dienone is 7. The lowest BCUT2D eigenvalue weighted by Gasteiger charge is -2.29. The van der Waals surface area contributed by atoms with E-state index < -0.39 is 0 Å². The van der Waals surface area contributed by atoms with Crippen LogP contribution in [0.2, 0.25) is 0 Å². The van der Waals surface area contributed by atoms with Crippen molar-refractivity contribution in [3.63, 3.8) is 0 Å². The lowest BCUT2D eigenvalue weighted by molar-refractivity contribution is 0.653. The van der Waals surface area contributed by atoms with Gasteiger partial charge >= 0.3 is 0 Å². The van der Waals surface area contributed by atoms with E-state index in [4.69, 9.17) is 4.42 Å². The quantitative estimate of drug-likeness (QED) is 0.168. The van der Waals surface area contributed by atoms with E-state index in [1.807, 2.05) is 0 Å². The van der Waals surface area contributed by atoms with Gasteiger partial charge in [0, 0.05) is 55.5 Å². The molecule has 1 unspecified atom stereocenters. The van der Waals surface area contributed by atoms with Gasteiger partial charge in [-0.05, 0) is 101 Å². The Morgan fingerprint density at radius 1 is 0.650 bits per heavy atom. The predicted molar refractivity (Wildman–Crippen MR) is 252 cm³/mol. The smallest absolute Gasteiger partial charge is 0.159 e. The van der Waals surface area contributed by atoms with E-state index in [2.05, 4.69) is 211 Å². The number of rotatable bonds is 6. The summed E-state index contributed by atoms with van der Waals surface area (Å²) in [5, 5.41) is 4.85. The summed E-state index contributed by atoms with van der Waals surface area (Å²) in [6.45, 7) is 4.66. The van der Waals surface area contributed by atoms with Crippen molar-refractivity contribution in [1.29, 1.82) is 0 Å². The lowest BCUT2D eigenvalue weighted by atomic mass is 9.82. The van der Waals surface area contributed by atoms with Crippen molar-refractivity contribution in [2.45, 2.75) is 44.4 Å². The standard InChI is InChI=1S/C57H44N2O/c1-57(2)49-21-11-9-19-47(49)54-50(57)34-33-46-45-20-13-23-53(55(45)60-56(46)54)58(42-29-24-38(25-30-42)37-14-5-3-6-15-37)43-31-26-39(27-32-43)40-28-35-52-48(36-40)44-18-10-12-22-51(44)59(52)41-16-7-4-8-17-41/h3-7,9-16,18-24,26-36,38H,8,17,25H2,1-2H3. The molecule has 0 saturated carbocycles. The van der Waals surface area contributed by atoms with E-state index in [1.165, 1.54) is 66.4 Å². The monoisotopic (exact) mass is 772 g/mol. The third-order valence-corrected chi connectivity index (χ3v) is 13.4. The van der Waals surface area contributed by atoms with Crippen LogP contribution >= 0.6 is 0 Å². The highest BCUT2D eigenvalue weighted by molar-refractivity contribution is 6.15. The summed E-state index contributed by atoms with van der Waals surface area (Å²) in [5.41, 5.74) is 17.8. The molecule has 0 amide bonds. The number of anilines is 2. The Balaban J connectivity index is 0.989. The van der Waals surface area contributed by atoms with E-state index in [0.717, 1.165) is 58.3 Å². The molecule has 7 aromatic carbocycles.